The van der Waals surface area contributed by atoms with Crippen molar-refractivity contribution in [3.8, 4) is 5.75 Å². The van der Waals surface area contributed by atoms with E-state index < -0.39 is 5.60 Å². The number of hydrogen-bond donors (Lipinski definition) is 2. The SMILES string of the molecule is CC(C)(Oc1ccc(F)cc1)C(=O)Nc1ccn[nH]1. The minimum absolute atomic E-state index is 0.332. The number of ether oxygens (including phenoxy) is 1. The lowest BCUT2D eigenvalue weighted by Gasteiger charge is -2.24. The molecule has 0 aliphatic heterocycles. The zero-order chi connectivity index (χ0) is 13.9. The molecule has 0 aliphatic carbocycles. The molecular formula is C13H14FN3O2. The third kappa shape index (κ3) is 3.31. The summed E-state index contributed by atoms with van der Waals surface area (Å²) in [5.41, 5.74) is -1.09. The van der Waals surface area contributed by atoms with Gasteiger partial charge >= 0.3 is 0 Å². The Hall–Kier alpha value is -2.37. The van der Waals surface area contributed by atoms with E-state index in [0.29, 0.717) is 11.6 Å². The number of anilines is 1. The largest absolute Gasteiger partial charge is 0.478 e. The molecule has 0 unspecified atom stereocenters. The Morgan fingerprint density at radius 3 is 2.58 bits per heavy atom. The molecule has 0 saturated carbocycles. The van der Waals surface area contributed by atoms with Gasteiger partial charge in [0.05, 0.1) is 6.20 Å². The van der Waals surface area contributed by atoms with Crippen LogP contribution in [0, 0.1) is 5.82 Å². The molecule has 0 bridgehead atoms. The van der Waals surface area contributed by atoms with E-state index in [9.17, 15) is 9.18 Å². The number of aromatic nitrogens is 2. The van der Waals surface area contributed by atoms with Crippen molar-refractivity contribution in [2.75, 3.05) is 5.32 Å². The molecule has 0 atom stereocenters. The van der Waals surface area contributed by atoms with Crippen LogP contribution in [-0.2, 0) is 4.79 Å². The first-order chi connectivity index (χ1) is 8.97. The van der Waals surface area contributed by atoms with Gasteiger partial charge in [-0.3, -0.25) is 9.89 Å². The molecule has 2 rings (SSSR count). The number of carbonyl (C=O) groups is 1. The van der Waals surface area contributed by atoms with E-state index in [4.69, 9.17) is 4.74 Å². The maximum Gasteiger partial charge on any atom is 0.269 e. The molecule has 0 spiro atoms. The molecule has 2 N–H and O–H groups in total. The van der Waals surface area contributed by atoms with Gasteiger partial charge in [0.1, 0.15) is 17.4 Å². The van der Waals surface area contributed by atoms with Crippen molar-refractivity contribution in [1.29, 1.82) is 0 Å². The quantitative estimate of drug-likeness (QED) is 0.889. The summed E-state index contributed by atoms with van der Waals surface area (Å²) in [4.78, 5) is 12.0. The van der Waals surface area contributed by atoms with Crippen molar-refractivity contribution < 1.29 is 13.9 Å². The lowest BCUT2D eigenvalue weighted by molar-refractivity contribution is -0.128. The number of carbonyl (C=O) groups excluding carboxylic acids is 1. The van der Waals surface area contributed by atoms with E-state index in [2.05, 4.69) is 15.5 Å². The van der Waals surface area contributed by atoms with Gasteiger partial charge < -0.3 is 10.1 Å². The average Bonchev–Trinajstić information content (AvgIpc) is 2.84. The lowest BCUT2D eigenvalue weighted by atomic mass is 10.1. The van der Waals surface area contributed by atoms with Crippen LogP contribution in [0.5, 0.6) is 5.75 Å². The third-order valence-corrected chi connectivity index (χ3v) is 2.48. The van der Waals surface area contributed by atoms with Crippen LogP contribution >= 0.6 is 0 Å². The van der Waals surface area contributed by atoms with E-state index in [1.165, 1.54) is 30.5 Å². The highest BCUT2D eigenvalue weighted by Gasteiger charge is 2.30. The Balaban J connectivity index is 2.04. The number of rotatable bonds is 4. The summed E-state index contributed by atoms with van der Waals surface area (Å²) in [6, 6.07) is 7.13. The van der Waals surface area contributed by atoms with Gasteiger partial charge in [-0.2, -0.15) is 5.10 Å². The van der Waals surface area contributed by atoms with Gasteiger partial charge in [-0.25, -0.2) is 4.39 Å². The van der Waals surface area contributed by atoms with Crippen molar-refractivity contribution in [3.63, 3.8) is 0 Å². The summed E-state index contributed by atoms with van der Waals surface area (Å²) in [6.07, 6.45) is 1.53. The molecule has 0 radical (unpaired) electrons. The van der Waals surface area contributed by atoms with Crippen LogP contribution in [0.2, 0.25) is 0 Å². The number of nitrogens with zero attached hydrogens (tertiary/aromatic N) is 1. The molecule has 19 heavy (non-hydrogen) atoms. The molecule has 2 aromatic rings. The minimum atomic E-state index is -1.09. The van der Waals surface area contributed by atoms with Crippen molar-refractivity contribution in [1.82, 2.24) is 10.2 Å². The number of H-pyrrole nitrogens is 1. The molecular weight excluding hydrogens is 249 g/mol. The van der Waals surface area contributed by atoms with Crippen LogP contribution in [0.1, 0.15) is 13.8 Å². The van der Waals surface area contributed by atoms with Gasteiger partial charge in [-0.1, -0.05) is 0 Å². The van der Waals surface area contributed by atoms with E-state index in [-0.39, 0.29) is 11.7 Å². The number of amides is 1. The van der Waals surface area contributed by atoms with Crippen LogP contribution in [0.3, 0.4) is 0 Å². The number of halogens is 1. The van der Waals surface area contributed by atoms with Gasteiger partial charge in [-0.15, -0.1) is 0 Å². The summed E-state index contributed by atoms with van der Waals surface area (Å²) in [5.74, 6) is 0.222. The van der Waals surface area contributed by atoms with Crippen molar-refractivity contribution >= 4 is 11.7 Å². The molecule has 0 aliphatic rings. The van der Waals surface area contributed by atoms with Crippen LogP contribution < -0.4 is 10.1 Å². The van der Waals surface area contributed by atoms with Gasteiger partial charge in [0.15, 0.2) is 5.60 Å². The van der Waals surface area contributed by atoms with Crippen molar-refractivity contribution in [2.24, 2.45) is 0 Å². The number of nitrogens with one attached hydrogen (secondary N) is 2. The Morgan fingerprint density at radius 1 is 1.32 bits per heavy atom. The molecule has 5 nitrogen and oxygen atoms in total. The molecule has 1 amide bonds. The molecule has 6 heteroatoms. The van der Waals surface area contributed by atoms with Crippen LogP contribution in [0.4, 0.5) is 10.2 Å². The minimum Gasteiger partial charge on any atom is -0.478 e. The number of hydrogen-bond acceptors (Lipinski definition) is 3. The Bertz CT molecular complexity index is 550. The van der Waals surface area contributed by atoms with Crippen molar-refractivity contribution in [3.05, 3.63) is 42.3 Å². The number of aromatic amines is 1. The van der Waals surface area contributed by atoms with Crippen LogP contribution in [-0.4, -0.2) is 21.7 Å². The van der Waals surface area contributed by atoms with Crippen LogP contribution in [0.15, 0.2) is 36.5 Å². The second-order valence-corrected chi connectivity index (χ2v) is 4.49. The molecule has 1 heterocycles. The Kier molecular flexibility index (Phi) is 3.50. The van der Waals surface area contributed by atoms with E-state index in [1.54, 1.807) is 19.9 Å². The smallest absolute Gasteiger partial charge is 0.269 e. The highest BCUT2D eigenvalue weighted by molar-refractivity contribution is 5.96. The lowest BCUT2D eigenvalue weighted by Crippen LogP contribution is -2.42. The first-order valence-corrected chi connectivity index (χ1v) is 5.73. The van der Waals surface area contributed by atoms with Crippen LogP contribution in [0.25, 0.3) is 0 Å². The first kappa shape index (κ1) is 13.1. The molecule has 1 aromatic heterocycles. The average molecular weight is 263 g/mol. The molecule has 0 saturated heterocycles. The summed E-state index contributed by atoms with van der Waals surface area (Å²) < 4.78 is 18.3. The molecule has 100 valence electrons. The second-order valence-electron chi connectivity index (χ2n) is 4.49. The second kappa shape index (κ2) is 5.09. The predicted octanol–water partition coefficient (Wildman–Crippen LogP) is 2.34. The van der Waals surface area contributed by atoms with Gasteiger partial charge in [-0.05, 0) is 38.1 Å². The van der Waals surface area contributed by atoms with Gasteiger partial charge in [0.2, 0.25) is 0 Å². The van der Waals surface area contributed by atoms with E-state index in [1.807, 2.05) is 0 Å². The number of benzene rings is 1. The summed E-state index contributed by atoms with van der Waals surface area (Å²) >= 11 is 0. The normalized spacial score (nSPS) is 11.1. The predicted molar refractivity (Wildman–Crippen MR) is 68.3 cm³/mol. The van der Waals surface area contributed by atoms with Gasteiger partial charge in [0.25, 0.3) is 5.91 Å². The fraction of sp³-hybridized carbons (Fsp3) is 0.231. The summed E-state index contributed by atoms with van der Waals surface area (Å²) in [5, 5.41) is 8.99. The Morgan fingerprint density at radius 2 is 2.00 bits per heavy atom. The fourth-order valence-electron chi connectivity index (χ4n) is 1.44. The highest BCUT2D eigenvalue weighted by Crippen LogP contribution is 2.20. The molecule has 0 fully saturated rings. The monoisotopic (exact) mass is 263 g/mol. The fourth-order valence-corrected chi connectivity index (χ4v) is 1.44. The van der Waals surface area contributed by atoms with Crippen molar-refractivity contribution in [2.45, 2.75) is 19.4 Å². The Labute approximate surface area is 109 Å². The van der Waals surface area contributed by atoms with Gasteiger partial charge in [0, 0.05) is 6.07 Å². The third-order valence-electron chi connectivity index (χ3n) is 2.48. The topological polar surface area (TPSA) is 67.0 Å². The van der Waals surface area contributed by atoms with E-state index in [0.717, 1.165) is 0 Å². The molecule has 1 aromatic carbocycles. The first-order valence-electron chi connectivity index (χ1n) is 5.73. The zero-order valence-corrected chi connectivity index (χ0v) is 10.6. The summed E-state index contributed by atoms with van der Waals surface area (Å²) in [6.45, 7) is 3.25. The summed E-state index contributed by atoms with van der Waals surface area (Å²) in [7, 11) is 0. The maximum absolute atomic E-state index is 12.8. The highest BCUT2D eigenvalue weighted by atomic mass is 19.1. The zero-order valence-electron chi connectivity index (χ0n) is 10.6. The standard InChI is InChI=1S/C13H14FN3O2/c1-13(2,12(18)16-11-7-8-15-17-11)19-10-5-3-9(14)4-6-10/h3-8H,1-2H3,(H2,15,16,17,18). The maximum atomic E-state index is 12.8. The van der Waals surface area contributed by atoms with E-state index >= 15 is 0 Å².